The van der Waals surface area contributed by atoms with Gasteiger partial charge >= 0.3 is 0 Å². The fourth-order valence-electron chi connectivity index (χ4n) is 1.61. The van der Waals surface area contributed by atoms with E-state index in [-0.39, 0.29) is 5.54 Å². The first-order valence-electron chi connectivity index (χ1n) is 6.29. The lowest BCUT2D eigenvalue weighted by Crippen LogP contribution is -2.38. The van der Waals surface area contributed by atoms with Crippen molar-refractivity contribution in [2.45, 2.75) is 58.0 Å². The molecule has 3 heteroatoms. The first kappa shape index (κ1) is 15.4. The number of hydrogen-bond acceptors (Lipinski definition) is 3. The molecule has 2 unspecified atom stereocenters. The molecule has 0 spiro atoms. The highest BCUT2D eigenvalue weighted by Crippen LogP contribution is 2.12. The van der Waals surface area contributed by atoms with Crippen molar-refractivity contribution in [3.05, 3.63) is 0 Å². The molecule has 0 aromatic rings. The fraction of sp³-hybridized carbons (Fsp3) is 0.923. The summed E-state index contributed by atoms with van der Waals surface area (Å²) in [6.07, 6.45) is 4.39. The van der Waals surface area contributed by atoms with Gasteiger partial charge in [0.2, 0.25) is 0 Å². The molecule has 0 aliphatic rings. The van der Waals surface area contributed by atoms with E-state index in [1.54, 1.807) is 0 Å². The van der Waals surface area contributed by atoms with Crippen molar-refractivity contribution in [3.8, 4) is 6.07 Å². The van der Waals surface area contributed by atoms with Crippen molar-refractivity contribution in [1.29, 1.82) is 5.26 Å². The van der Waals surface area contributed by atoms with Crippen LogP contribution in [0.25, 0.3) is 0 Å². The Morgan fingerprint density at radius 3 is 2.50 bits per heavy atom. The topological polar surface area (TPSA) is 39.1 Å². The van der Waals surface area contributed by atoms with Crippen molar-refractivity contribution in [1.82, 2.24) is 10.2 Å². The van der Waals surface area contributed by atoms with Gasteiger partial charge < -0.3 is 10.2 Å². The number of hydrogen-bond donors (Lipinski definition) is 1. The van der Waals surface area contributed by atoms with Gasteiger partial charge in [0, 0.05) is 6.04 Å². The van der Waals surface area contributed by atoms with Crippen LogP contribution in [0.5, 0.6) is 0 Å². The van der Waals surface area contributed by atoms with Crippen molar-refractivity contribution in [3.63, 3.8) is 0 Å². The maximum atomic E-state index is 9.00. The molecule has 0 amide bonds. The summed E-state index contributed by atoms with van der Waals surface area (Å²) in [6, 6.07) is 2.98. The molecular formula is C13H27N3. The molecule has 0 saturated heterocycles. The first-order chi connectivity index (χ1) is 7.49. The quantitative estimate of drug-likeness (QED) is 0.645. The zero-order chi connectivity index (χ0) is 12.6. The van der Waals surface area contributed by atoms with Crippen LogP contribution in [0.1, 0.15) is 46.5 Å². The number of nitrogens with one attached hydrogen (secondary N) is 1. The molecule has 0 rings (SSSR count). The molecule has 2 atom stereocenters. The van der Waals surface area contributed by atoms with E-state index in [0.29, 0.717) is 6.04 Å². The minimum atomic E-state index is -0.352. The average molecular weight is 225 g/mol. The monoisotopic (exact) mass is 225 g/mol. The number of nitriles is 1. The van der Waals surface area contributed by atoms with Crippen LogP contribution in [0.2, 0.25) is 0 Å². The molecular weight excluding hydrogens is 198 g/mol. The standard InChI is InChI=1S/C13H27N3/c1-6-12(2)16(5)10-8-7-9-13(3,11-14)15-4/h12,15H,6-10H2,1-5H3. The molecule has 0 aromatic heterocycles. The van der Waals surface area contributed by atoms with Gasteiger partial charge in [-0.1, -0.05) is 6.92 Å². The van der Waals surface area contributed by atoms with Gasteiger partial charge in [0.05, 0.1) is 6.07 Å². The van der Waals surface area contributed by atoms with E-state index in [0.717, 1.165) is 19.4 Å². The third-order valence-electron chi connectivity index (χ3n) is 3.58. The molecule has 0 aliphatic heterocycles. The third kappa shape index (κ3) is 5.48. The van der Waals surface area contributed by atoms with Gasteiger partial charge in [-0.25, -0.2) is 0 Å². The molecule has 0 heterocycles. The fourth-order valence-corrected chi connectivity index (χ4v) is 1.61. The van der Waals surface area contributed by atoms with E-state index in [1.807, 2.05) is 14.0 Å². The summed E-state index contributed by atoms with van der Waals surface area (Å²) >= 11 is 0. The zero-order valence-electron chi connectivity index (χ0n) is 11.5. The lowest BCUT2D eigenvalue weighted by molar-refractivity contribution is 0.243. The van der Waals surface area contributed by atoms with Crippen molar-refractivity contribution in [2.24, 2.45) is 0 Å². The molecule has 16 heavy (non-hydrogen) atoms. The highest BCUT2D eigenvalue weighted by molar-refractivity contribution is 5.02. The van der Waals surface area contributed by atoms with Gasteiger partial charge in [0.25, 0.3) is 0 Å². The second-order valence-corrected chi connectivity index (χ2v) is 4.89. The van der Waals surface area contributed by atoms with Crippen LogP contribution in [0, 0.1) is 11.3 Å². The molecule has 3 nitrogen and oxygen atoms in total. The van der Waals surface area contributed by atoms with Crippen LogP contribution in [0.3, 0.4) is 0 Å². The normalized spacial score (nSPS) is 16.8. The van der Waals surface area contributed by atoms with Crippen LogP contribution in [-0.2, 0) is 0 Å². The second kappa shape index (κ2) is 7.65. The van der Waals surface area contributed by atoms with Gasteiger partial charge in [-0.3, -0.25) is 0 Å². The lowest BCUT2D eigenvalue weighted by atomic mass is 9.97. The predicted molar refractivity (Wildman–Crippen MR) is 69.3 cm³/mol. The smallest absolute Gasteiger partial charge is 0.103 e. The van der Waals surface area contributed by atoms with Crippen molar-refractivity contribution >= 4 is 0 Å². The summed E-state index contributed by atoms with van der Waals surface area (Å²) in [5, 5.41) is 12.1. The Balaban J connectivity index is 3.72. The van der Waals surface area contributed by atoms with Crippen molar-refractivity contribution in [2.75, 3.05) is 20.6 Å². The molecule has 0 aliphatic carbocycles. The number of unbranched alkanes of at least 4 members (excludes halogenated alkanes) is 1. The maximum Gasteiger partial charge on any atom is 0.103 e. The number of rotatable bonds is 8. The van der Waals surface area contributed by atoms with Crippen LogP contribution in [0.15, 0.2) is 0 Å². The Kier molecular flexibility index (Phi) is 7.36. The third-order valence-corrected chi connectivity index (χ3v) is 3.58. The van der Waals surface area contributed by atoms with Crippen LogP contribution in [-0.4, -0.2) is 37.1 Å². The Morgan fingerprint density at radius 2 is 2.06 bits per heavy atom. The molecule has 1 N–H and O–H groups in total. The van der Waals surface area contributed by atoms with E-state index in [9.17, 15) is 0 Å². The summed E-state index contributed by atoms with van der Waals surface area (Å²) in [5.41, 5.74) is -0.352. The van der Waals surface area contributed by atoms with E-state index >= 15 is 0 Å². The minimum Gasteiger partial charge on any atom is -0.304 e. The maximum absolute atomic E-state index is 9.00. The first-order valence-corrected chi connectivity index (χ1v) is 6.29. The van der Waals surface area contributed by atoms with Gasteiger partial charge in [0.15, 0.2) is 0 Å². The molecule has 0 radical (unpaired) electrons. The Hall–Kier alpha value is -0.590. The SMILES string of the molecule is CCC(C)N(C)CCCCC(C)(C#N)NC. The molecule has 0 saturated carbocycles. The predicted octanol–water partition coefficient (Wildman–Crippen LogP) is 2.39. The van der Waals surface area contributed by atoms with E-state index < -0.39 is 0 Å². The van der Waals surface area contributed by atoms with Gasteiger partial charge in [-0.05, 0) is 60.2 Å². The zero-order valence-corrected chi connectivity index (χ0v) is 11.5. The highest BCUT2D eigenvalue weighted by Gasteiger charge is 2.20. The summed E-state index contributed by atoms with van der Waals surface area (Å²) in [7, 11) is 4.03. The molecule has 0 fully saturated rings. The lowest BCUT2D eigenvalue weighted by Gasteiger charge is -2.24. The van der Waals surface area contributed by atoms with Crippen LogP contribution in [0.4, 0.5) is 0 Å². The summed E-state index contributed by atoms with van der Waals surface area (Å²) in [5.74, 6) is 0. The number of nitrogens with zero attached hydrogens (tertiary/aromatic N) is 2. The average Bonchev–Trinajstić information content (AvgIpc) is 2.32. The Morgan fingerprint density at radius 1 is 1.44 bits per heavy atom. The minimum absolute atomic E-state index is 0.352. The van der Waals surface area contributed by atoms with E-state index in [2.05, 4.69) is 37.2 Å². The van der Waals surface area contributed by atoms with Gasteiger partial charge in [-0.2, -0.15) is 5.26 Å². The van der Waals surface area contributed by atoms with E-state index in [4.69, 9.17) is 5.26 Å². The second-order valence-electron chi connectivity index (χ2n) is 4.89. The van der Waals surface area contributed by atoms with Crippen LogP contribution < -0.4 is 5.32 Å². The summed E-state index contributed by atoms with van der Waals surface area (Å²) in [6.45, 7) is 7.56. The largest absolute Gasteiger partial charge is 0.304 e. The van der Waals surface area contributed by atoms with Crippen molar-refractivity contribution < 1.29 is 0 Å². The van der Waals surface area contributed by atoms with E-state index in [1.165, 1.54) is 12.8 Å². The summed E-state index contributed by atoms with van der Waals surface area (Å²) < 4.78 is 0. The Bertz CT molecular complexity index is 222. The molecule has 94 valence electrons. The van der Waals surface area contributed by atoms with Gasteiger partial charge in [0.1, 0.15) is 5.54 Å². The van der Waals surface area contributed by atoms with Crippen LogP contribution >= 0.6 is 0 Å². The summed E-state index contributed by atoms with van der Waals surface area (Å²) in [4.78, 5) is 2.39. The molecule has 0 aromatic carbocycles. The Labute approximate surface area is 101 Å². The van der Waals surface area contributed by atoms with Gasteiger partial charge in [-0.15, -0.1) is 0 Å². The molecule has 0 bridgehead atoms. The highest BCUT2D eigenvalue weighted by atomic mass is 15.1.